The van der Waals surface area contributed by atoms with Gasteiger partial charge in [-0.05, 0) is 23.8 Å². The summed E-state index contributed by atoms with van der Waals surface area (Å²) in [7, 11) is 0. The molecule has 0 aliphatic heterocycles. The van der Waals surface area contributed by atoms with Crippen molar-refractivity contribution in [1.29, 1.82) is 0 Å². The molecule has 0 saturated carbocycles. The van der Waals surface area contributed by atoms with E-state index in [1.54, 1.807) is 12.1 Å². The summed E-state index contributed by atoms with van der Waals surface area (Å²) in [6.07, 6.45) is 0. The maximum absolute atomic E-state index is 13.4. The van der Waals surface area contributed by atoms with Gasteiger partial charge in [0.2, 0.25) is 0 Å². The molecule has 7 heteroatoms. The second kappa shape index (κ2) is 6.95. The van der Waals surface area contributed by atoms with E-state index < -0.39 is 18.2 Å². The van der Waals surface area contributed by atoms with E-state index in [0.717, 1.165) is 11.6 Å². The van der Waals surface area contributed by atoms with E-state index in [-0.39, 0.29) is 5.69 Å². The number of nitrogen functional groups attached to an aromatic ring is 1. The van der Waals surface area contributed by atoms with Crippen LogP contribution in [0.3, 0.4) is 0 Å². The van der Waals surface area contributed by atoms with Crippen molar-refractivity contribution in [3.63, 3.8) is 0 Å². The van der Waals surface area contributed by atoms with Gasteiger partial charge in [0.25, 0.3) is 0 Å². The molecule has 2 rings (SSSR count). The molecule has 2 N–H and O–H groups in total. The van der Waals surface area contributed by atoms with Gasteiger partial charge >= 0.3 is 6.61 Å². The number of nitrogens with two attached hydrogens (primary N) is 1. The fraction of sp³-hybridized carbons (Fsp3) is 0.143. The first-order valence-corrected chi connectivity index (χ1v) is 7.23. The van der Waals surface area contributed by atoms with Crippen molar-refractivity contribution in [2.24, 2.45) is 0 Å². The van der Waals surface area contributed by atoms with Gasteiger partial charge in [0, 0.05) is 27.4 Å². The molecule has 0 fully saturated rings. The molecule has 2 nitrogen and oxygen atoms in total. The van der Waals surface area contributed by atoms with Crippen molar-refractivity contribution >= 4 is 29.1 Å². The Hall–Kier alpha value is -1.53. The predicted octanol–water partition coefficient (Wildman–Crippen LogP) is 4.96. The van der Waals surface area contributed by atoms with Crippen molar-refractivity contribution in [3.8, 4) is 5.75 Å². The van der Waals surface area contributed by atoms with Crippen molar-refractivity contribution in [3.05, 3.63) is 52.8 Å². The van der Waals surface area contributed by atoms with Crippen molar-refractivity contribution in [2.75, 3.05) is 5.73 Å². The topological polar surface area (TPSA) is 35.2 Å². The zero-order chi connectivity index (χ0) is 15.4. The Bertz CT molecular complexity index is 622. The zero-order valence-electron chi connectivity index (χ0n) is 10.7. The van der Waals surface area contributed by atoms with E-state index in [2.05, 4.69) is 4.74 Å². The lowest BCUT2D eigenvalue weighted by Gasteiger charge is -2.10. The summed E-state index contributed by atoms with van der Waals surface area (Å²) in [4.78, 5) is 0.474. The van der Waals surface area contributed by atoms with Crippen LogP contribution in [-0.2, 0) is 5.75 Å². The molecule has 0 unspecified atom stereocenters. The lowest BCUT2D eigenvalue weighted by atomic mass is 10.2. The number of ether oxygens (including phenoxy) is 1. The van der Waals surface area contributed by atoms with E-state index in [9.17, 15) is 13.2 Å². The van der Waals surface area contributed by atoms with Crippen molar-refractivity contribution in [2.45, 2.75) is 17.3 Å². The maximum atomic E-state index is 13.4. The normalized spacial score (nSPS) is 10.9. The average molecular weight is 334 g/mol. The quantitative estimate of drug-likeness (QED) is 0.620. The Morgan fingerprint density at radius 2 is 1.86 bits per heavy atom. The first kappa shape index (κ1) is 15.9. The summed E-state index contributed by atoms with van der Waals surface area (Å²) in [5, 5.41) is 0.623. The second-order valence-corrected chi connectivity index (χ2v) is 5.57. The predicted molar refractivity (Wildman–Crippen MR) is 78.5 cm³/mol. The Balaban J connectivity index is 2.13. The first-order chi connectivity index (χ1) is 9.95. The fourth-order valence-corrected chi connectivity index (χ4v) is 2.66. The molecule has 0 aliphatic carbocycles. The third kappa shape index (κ3) is 4.47. The highest BCUT2D eigenvalue weighted by atomic mass is 35.5. The molecular weight excluding hydrogens is 323 g/mol. The molecule has 0 aliphatic rings. The number of alkyl halides is 2. The molecular formula is C14H11ClF3NOS. The Labute approximate surface area is 129 Å². The van der Waals surface area contributed by atoms with Crippen LogP contribution in [0.1, 0.15) is 5.56 Å². The van der Waals surface area contributed by atoms with E-state index in [1.165, 1.54) is 17.8 Å². The molecule has 2 aromatic rings. The largest absolute Gasteiger partial charge is 0.432 e. The van der Waals surface area contributed by atoms with Gasteiger partial charge in [-0.25, -0.2) is 4.39 Å². The molecule has 0 aromatic heterocycles. The molecule has 0 spiro atoms. The van der Waals surface area contributed by atoms with Gasteiger partial charge in [0.1, 0.15) is 0 Å². The van der Waals surface area contributed by atoms with Crippen LogP contribution in [0.5, 0.6) is 5.75 Å². The van der Waals surface area contributed by atoms with Gasteiger partial charge in [-0.15, -0.1) is 11.8 Å². The zero-order valence-corrected chi connectivity index (χ0v) is 12.2. The van der Waals surface area contributed by atoms with E-state index in [1.807, 2.05) is 12.1 Å². The van der Waals surface area contributed by atoms with Gasteiger partial charge in [0.15, 0.2) is 11.6 Å². The number of hydrogen-bond acceptors (Lipinski definition) is 3. The summed E-state index contributed by atoms with van der Waals surface area (Å²) in [6, 6.07) is 9.32. The van der Waals surface area contributed by atoms with Crippen LogP contribution < -0.4 is 10.5 Å². The van der Waals surface area contributed by atoms with Gasteiger partial charge < -0.3 is 10.5 Å². The van der Waals surface area contributed by atoms with Gasteiger partial charge in [-0.2, -0.15) is 8.78 Å². The molecule has 0 radical (unpaired) electrons. The number of anilines is 1. The minimum Gasteiger partial charge on any atom is -0.432 e. The van der Waals surface area contributed by atoms with Crippen LogP contribution >= 0.6 is 23.4 Å². The summed E-state index contributed by atoms with van der Waals surface area (Å²) in [5.74, 6) is -0.886. The highest BCUT2D eigenvalue weighted by molar-refractivity contribution is 7.98. The molecule has 112 valence electrons. The standard InChI is InChI=1S/C14H11ClF3NOS/c15-9-3-1-8(2-4-9)7-21-13-6-12(20-14(17)18)10(16)5-11(13)19/h1-6,14H,7,19H2. The Kier molecular flexibility index (Phi) is 5.25. The Morgan fingerprint density at radius 3 is 2.48 bits per heavy atom. The summed E-state index contributed by atoms with van der Waals surface area (Å²) < 4.78 is 41.9. The average Bonchev–Trinajstić information content (AvgIpc) is 2.42. The molecule has 21 heavy (non-hydrogen) atoms. The molecule has 0 atom stereocenters. The minimum absolute atomic E-state index is 0.174. The summed E-state index contributed by atoms with van der Waals surface area (Å²) in [6.45, 7) is -3.09. The van der Waals surface area contributed by atoms with E-state index in [0.29, 0.717) is 15.7 Å². The third-order valence-electron chi connectivity index (χ3n) is 2.59. The van der Waals surface area contributed by atoms with Crippen molar-refractivity contribution in [1.82, 2.24) is 0 Å². The van der Waals surface area contributed by atoms with Crippen LogP contribution in [0.15, 0.2) is 41.3 Å². The van der Waals surface area contributed by atoms with E-state index >= 15 is 0 Å². The number of thioether (sulfide) groups is 1. The summed E-state index contributed by atoms with van der Waals surface area (Å²) in [5.41, 5.74) is 6.83. The van der Waals surface area contributed by atoms with Crippen LogP contribution in [0.2, 0.25) is 5.02 Å². The first-order valence-electron chi connectivity index (χ1n) is 5.87. The number of benzene rings is 2. The Morgan fingerprint density at radius 1 is 1.19 bits per heavy atom. The van der Waals surface area contributed by atoms with E-state index in [4.69, 9.17) is 17.3 Å². The molecule has 0 bridgehead atoms. The van der Waals surface area contributed by atoms with Crippen LogP contribution in [0, 0.1) is 5.82 Å². The van der Waals surface area contributed by atoms with Crippen LogP contribution in [-0.4, -0.2) is 6.61 Å². The number of hydrogen-bond donors (Lipinski definition) is 1. The van der Waals surface area contributed by atoms with Crippen LogP contribution in [0.25, 0.3) is 0 Å². The number of halogens is 4. The smallest absolute Gasteiger partial charge is 0.387 e. The summed E-state index contributed by atoms with van der Waals surface area (Å²) >= 11 is 7.08. The maximum Gasteiger partial charge on any atom is 0.387 e. The fourth-order valence-electron chi connectivity index (χ4n) is 1.60. The van der Waals surface area contributed by atoms with Crippen molar-refractivity contribution < 1.29 is 17.9 Å². The number of rotatable bonds is 5. The van der Waals surface area contributed by atoms with Crippen LogP contribution in [0.4, 0.5) is 18.9 Å². The second-order valence-electron chi connectivity index (χ2n) is 4.11. The molecule has 0 amide bonds. The third-order valence-corrected chi connectivity index (χ3v) is 3.98. The van der Waals surface area contributed by atoms with Gasteiger partial charge in [0.05, 0.1) is 0 Å². The van der Waals surface area contributed by atoms with Gasteiger partial charge in [-0.1, -0.05) is 23.7 Å². The minimum atomic E-state index is -3.09. The lowest BCUT2D eigenvalue weighted by molar-refractivity contribution is -0.0523. The lowest BCUT2D eigenvalue weighted by Crippen LogP contribution is -2.04. The van der Waals surface area contributed by atoms with Gasteiger partial charge in [-0.3, -0.25) is 0 Å². The monoisotopic (exact) mass is 333 g/mol. The highest BCUT2D eigenvalue weighted by Crippen LogP contribution is 2.34. The molecule has 0 heterocycles. The molecule has 2 aromatic carbocycles. The SMILES string of the molecule is Nc1cc(F)c(OC(F)F)cc1SCc1ccc(Cl)cc1. The molecule has 0 saturated heterocycles. The highest BCUT2D eigenvalue weighted by Gasteiger charge is 2.13.